The predicted octanol–water partition coefficient (Wildman–Crippen LogP) is 2.60. The summed E-state index contributed by atoms with van der Waals surface area (Å²) in [7, 11) is 0. The van der Waals surface area contributed by atoms with E-state index in [9.17, 15) is 4.79 Å². The number of carbonyl (C=O) groups is 1. The second kappa shape index (κ2) is 6.62. The van der Waals surface area contributed by atoms with Crippen molar-refractivity contribution in [2.75, 3.05) is 5.32 Å². The van der Waals surface area contributed by atoms with Crippen LogP contribution in [0.15, 0.2) is 43.0 Å². The number of rotatable bonds is 5. The SMILES string of the molecule is C[C@@H](Cn1cc(Cl)cn1)C(=O)Nc1cc(-c2ccncc2)[nH]n1. The summed E-state index contributed by atoms with van der Waals surface area (Å²) < 4.78 is 1.64. The van der Waals surface area contributed by atoms with Gasteiger partial charge in [-0.2, -0.15) is 10.2 Å². The zero-order valence-electron chi connectivity index (χ0n) is 12.4. The fourth-order valence-corrected chi connectivity index (χ4v) is 2.27. The molecule has 0 aromatic carbocycles. The largest absolute Gasteiger partial charge is 0.309 e. The van der Waals surface area contributed by atoms with Crippen LogP contribution in [0.3, 0.4) is 0 Å². The molecule has 0 fully saturated rings. The van der Waals surface area contributed by atoms with E-state index >= 15 is 0 Å². The molecule has 8 heteroatoms. The van der Waals surface area contributed by atoms with Crippen LogP contribution in [0.1, 0.15) is 6.92 Å². The molecule has 23 heavy (non-hydrogen) atoms. The molecule has 0 saturated heterocycles. The van der Waals surface area contributed by atoms with Crippen LogP contribution in [0.5, 0.6) is 0 Å². The average Bonchev–Trinajstić information content (AvgIpc) is 3.17. The van der Waals surface area contributed by atoms with E-state index in [0.29, 0.717) is 17.4 Å². The van der Waals surface area contributed by atoms with Gasteiger partial charge in [-0.1, -0.05) is 18.5 Å². The van der Waals surface area contributed by atoms with Gasteiger partial charge in [-0.05, 0) is 12.1 Å². The average molecular weight is 331 g/mol. The lowest BCUT2D eigenvalue weighted by atomic mass is 10.1. The molecule has 3 aromatic rings. The molecule has 2 N–H and O–H groups in total. The minimum atomic E-state index is -0.271. The maximum absolute atomic E-state index is 12.2. The summed E-state index contributed by atoms with van der Waals surface area (Å²) in [5.74, 6) is 0.0728. The number of aromatic amines is 1. The van der Waals surface area contributed by atoms with Gasteiger partial charge in [-0.25, -0.2) is 0 Å². The first-order valence-electron chi connectivity index (χ1n) is 7.06. The zero-order chi connectivity index (χ0) is 16.2. The highest BCUT2D eigenvalue weighted by atomic mass is 35.5. The summed E-state index contributed by atoms with van der Waals surface area (Å²) in [6, 6.07) is 5.51. The molecule has 0 aliphatic carbocycles. The van der Waals surface area contributed by atoms with Crippen LogP contribution in [0.25, 0.3) is 11.3 Å². The molecule has 0 unspecified atom stereocenters. The van der Waals surface area contributed by atoms with Crippen LogP contribution in [0.4, 0.5) is 5.82 Å². The third-order valence-corrected chi connectivity index (χ3v) is 3.53. The highest BCUT2D eigenvalue weighted by Crippen LogP contribution is 2.19. The first kappa shape index (κ1) is 15.2. The smallest absolute Gasteiger partial charge is 0.230 e. The summed E-state index contributed by atoms with van der Waals surface area (Å²) in [5.41, 5.74) is 1.77. The summed E-state index contributed by atoms with van der Waals surface area (Å²) in [6.45, 7) is 2.27. The number of aromatic nitrogens is 5. The Bertz CT molecular complexity index is 797. The van der Waals surface area contributed by atoms with Crippen LogP contribution in [-0.4, -0.2) is 30.9 Å². The molecular formula is C15H15ClN6O. The minimum Gasteiger partial charge on any atom is -0.309 e. The predicted molar refractivity (Wildman–Crippen MR) is 86.8 cm³/mol. The fraction of sp³-hybridized carbons (Fsp3) is 0.200. The van der Waals surface area contributed by atoms with Crippen molar-refractivity contribution in [1.29, 1.82) is 0 Å². The standard InChI is InChI=1S/C15H15ClN6O/c1-10(8-22-9-12(16)7-18-22)15(23)19-14-6-13(20-21-14)11-2-4-17-5-3-11/h2-7,9-10H,8H2,1H3,(H2,19,20,21,23)/t10-/m0/s1. The molecule has 0 spiro atoms. The zero-order valence-corrected chi connectivity index (χ0v) is 13.2. The normalized spacial score (nSPS) is 12.1. The Hall–Kier alpha value is -2.67. The van der Waals surface area contributed by atoms with Gasteiger partial charge in [-0.15, -0.1) is 0 Å². The molecule has 0 radical (unpaired) electrons. The molecule has 3 heterocycles. The monoisotopic (exact) mass is 330 g/mol. The summed E-state index contributed by atoms with van der Waals surface area (Å²) in [6.07, 6.45) is 6.62. The number of anilines is 1. The van der Waals surface area contributed by atoms with E-state index in [0.717, 1.165) is 11.3 Å². The third-order valence-electron chi connectivity index (χ3n) is 3.33. The van der Waals surface area contributed by atoms with Crippen LogP contribution in [0.2, 0.25) is 5.02 Å². The van der Waals surface area contributed by atoms with Crippen LogP contribution in [-0.2, 0) is 11.3 Å². The van der Waals surface area contributed by atoms with Gasteiger partial charge in [0.25, 0.3) is 0 Å². The van der Waals surface area contributed by atoms with Gasteiger partial charge in [0.15, 0.2) is 5.82 Å². The molecule has 1 amide bonds. The van der Waals surface area contributed by atoms with E-state index in [-0.39, 0.29) is 11.8 Å². The minimum absolute atomic E-state index is 0.135. The van der Waals surface area contributed by atoms with Gasteiger partial charge in [0.05, 0.1) is 29.4 Å². The Morgan fingerprint density at radius 2 is 2.22 bits per heavy atom. The van der Waals surface area contributed by atoms with E-state index in [2.05, 4.69) is 25.6 Å². The molecule has 118 valence electrons. The van der Waals surface area contributed by atoms with Crippen LogP contribution in [0, 0.1) is 5.92 Å². The van der Waals surface area contributed by atoms with Crippen molar-refractivity contribution in [2.45, 2.75) is 13.5 Å². The van der Waals surface area contributed by atoms with Crippen molar-refractivity contribution in [3.05, 3.63) is 48.0 Å². The van der Waals surface area contributed by atoms with Crippen molar-refractivity contribution in [3.8, 4) is 11.3 Å². The number of hydrogen-bond donors (Lipinski definition) is 2. The highest BCUT2D eigenvalue weighted by Gasteiger charge is 2.16. The van der Waals surface area contributed by atoms with Gasteiger partial charge in [0.1, 0.15) is 0 Å². The second-order valence-electron chi connectivity index (χ2n) is 5.17. The van der Waals surface area contributed by atoms with Crippen LogP contribution < -0.4 is 5.32 Å². The molecule has 0 aliphatic rings. The maximum Gasteiger partial charge on any atom is 0.230 e. The Morgan fingerprint density at radius 1 is 1.43 bits per heavy atom. The van der Waals surface area contributed by atoms with Crippen molar-refractivity contribution in [3.63, 3.8) is 0 Å². The topological polar surface area (TPSA) is 88.5 Å². The Morgan fingerprint density at radius 3 is 2.91 bits per heavy atom. The van der Waals surface area contributed by atoms with Crippen molar-refractivity contribution in [1.82, 2.24) is 25.0 Å². The molecular weight excluding hydrogens is 316 g/mol. The van der Waals surface area contributed by atoms with E-state index in [1.54, 1.807) is 35.5 Å². The number of nitrogens with zero attached hydrogens (tertiary/aromatic N) is 4. The number of hydrogen-bond acceptors (Lipinski definition) is 4. The summed E-state index contributed by atoms with van der Waals surface area (Å²) >= 11 is 5.81. The first-order chi connectivity index (χ1) is 11.1. The summed E-state index contributed by atoms with van der Waals surface area (Å²) in [5, 5.41) is 14.4. The Balaban J connectivity index is 1.63. The molecule has 0 aliphatic heterocycles. The number of carbonyl (C=O) groups excluding carboxylic acids is 1. The van der Waals surface area contributed by atoms with Crippen molar-refractivity contribution < 1.29 is 4.79 Å². The third kappa shape index (κ3) is 3.75. The quantitative estimate of drug-likeness (QED) is 0.752. The lowest BCUT2D eigenvalue weighted by molar-refractivity contribution is -0.119. The number of H-pyrrole nitrogens is 1. The van der Waals surface area contributed by atoms with Gasteiger partial charge < -0.3 is 5.32 Å². The molecule has 1 atom stereocenters. The molecule has 3 rings (SSSR count). The lowest BCUT2D eigenvalue weighted by Gasteiger charge is -2.10. The van der Waals surface area contributed by atoms with Gasteiger partial charge in [0, 0.05) is 30.2 Å². The van der Waals surface area contributed by atoms with Gasteiger partial charge in [0.2, 0.25) is 5.91 Å². The number of halogens is 1. The maximum atomic E-state index is 12.2. The van der Waals surface area contributed by atoms with E-state index < -0.39 is 0 Å². The first-order valence-corrected chi connectivity index (χ1v) is 7.44. The number of pyridine rings is 1. The Kier molecular flexibility index (Phi) is 4.38. The molecule has 3 aromatic heterocycles. The molecule has 7 nitrogen and oxygen atoms in total. The van der Waals surface area contributed by atoms with Gasteiger partial charge >= 0.3 is 0 Å². The van der Waals surface area contributed by atoms with Crippen molar-refractivity contribution in [2.24, 2.45) is 5.92 Å². The number of amides is 1. The van der Waals surface area contributed by atoms with Crippen LogP contribution >= 0.6 is 11.6 Å². The van der Waals surface area contributed by atoms with E-state index in [1.807, 2.05) is 19.1 Å². The molecule has 0 bridgehead atoms. The Labute approximate surface area is 137 Å². The number of nitrogens with one attached hydrogen (secondary N) is 2. The molecule has 0 saturated carbocycles. The summed E-state index contributed by atoms with van der Waals surface area (Å²) in [4.78, 5) is 16.2. The van der Waals surface area contributed by atoms with E-state index in [4.69, 9.17) is 11.6 Å². The fourth-order valence-electron chi connectivity index (χ4n) is 2.12. The van der Waals surface area contributed by atoms with E-state index in [1.165, 1.54) is 0 Å². The van der Waals surface area contributed by atoms with Crippen molar-refractivity contribution >= 4 is 23.3 Å². The van der Waals surface area contributed by atoms with Gasteiger partial charge in [-0.3, -0.25) is 19.6 Å². The second-order valence-corrected chi connectivity index (χ2v) is 5.61. The highest BCUT2D eigenvalue weighted by molar-refractivity contribution is 6.30. The lowest BCUT2D eigenvalue weighted by Crippen LogP contribution is -2.24.